The maximum absolute atomic E-state index is 12.7. The Bertz CT molecular complexity index is 1010. The molecule has 2 saturated heterocycles. The Hall–Kier alpha value is -2.72. The number of hydrogen-bond acceptors (Lipinski definition) is 5. The Labute approximate surface area is 181 Å². The number of hydrogen-bond donors (Lipinski definition) is 1. The molecule has 2 heterocycles. The zero-order valence-corrected chi connectivity index (χ0v) is 18.2. The highest BCUT2D eigenvalue weighted by molar-refractivity contribution is 7.92. The number of imide groups is 1. The average molecular weight is 447 g/mol. The number of sulfonamides is 1. The number of nitrogens with one attached hydrogen (secondary N) is 1. The summed E-state index contributed by atoms with van der Waals surface area (Å²) >= 11 is 0. The van der Waals surface area contributed by atoms with E-state index in [1.54, 1.807) is 13.0 Å². The van der Waals surface area contributed by atoms with E-state index in [2.05, 4.69) is 5.32 Å². The van der Waals surface area contributed by atoms with Crippen molar-refractivity contribution in [2.75, 3.05) is 32.7 Å². The maximum Gasteiger partial charge on any atom is 0.325 e. The Morgan fingerprint density at radius 2 is 1.77 bits per heavy atom. The first-order valence-electron chi connectivity index (χ1n) is 10.4. The fourth-order valence-electron chi connectivity index (χ4n) is 4.04. The van der Waals surface area contributed by atoms with Crippen molar-refractivity contribution in [1.29, 1.82) is 0 Å². The molecule has 2 aliphatic heterocycles. The first kappa shape index (κ1) is 21.5. The first-order valence-corrected chi connectivity index (χ1v) is 11.9. The maximum atomic E-state index is 12.7. The van der Waals surface area contributed by atoms with Crippen LogP contribution in [0.4, 0.5) is 4.79 Å². The zero-order valence-electron chi connectivity index (χ0n) is 17.4. The third-order valence-corrected chi connectivity index (χ3v) is 7.74. The molecule has 1 N–H and O–H groups in total. The summed E-state index contributed by atoms with van der Waals surface area (Å²) in [6, 6.07) is 8.59. The smallest absolute Gasteiger partial charge is 0.325 e. The molecular formula is C21H26N4O5S. The van der Waals surface area contributed by atoms with Crippen LogP contribution in [-0.2, 0) is 19.6 Å². The summed E-state index contributed by atoms with van der Waals surface area (Å²) in [6.07, 6.45) is 3.32. The summed E-state index contributed by atoms with van der Waals surface area (Å²) in [6.45, 7) is 2.12. The second-order valence-electron chi connectivity index (χ2n) is 8.34. The van der Waals surface area contributed by atoms with Crippen LogP contribution in [0.2, 0.25) is 0 Å². The Morgan fingerprint density at radius 3 is 2.39 bits per heavy atom. The Morgan fingerprint density at radius 1 is 1.13 bits per heavy atom. The molecule has 1 aliphatic carbocycles. The van der Waals surface area contributed by atoms with Crippen LogP contribution in [-0.4, -0.2) is 78.6 Å². The van der Waals surface area contributed by atoms with Crippen molar-refractivity contribution < 1.29 is 22.8 Å². The predicted molar refractivity (Wildman–Crippen MR) is 114 cm³/mol. The highest BCUT2D eigenvalue weighted by atomic mass is 32.2. The van der Waals surface area contributed by atoms with Gasteiger partial charge in [-0.05, 0) is 37.3 Å². The second kappa shape index (κ2) is 8.08. The van der Waals surface area contributed by atoms with Crippen LogP contribution in [0.5, 0.6) is 0 Å². The van der Waals surface area contributed by atoms with E-state index >= 15 is 0 Å². The molecule has 4 amide bonds. The molecule has 0 bridgehead atoms. The van der Waals surface area contributed by atoms with Crippen LogP contribution < -0.4 is 5.32 Å². The van der Waals surface area contributed by atoms with E-state index < -0.39 is 21.6 Å². The van der Waals surface area contributed by atoms with E-state index in [-0.39, 0.29) is 50.5 Å². The van der Waals surface area contributed by atoms with Crippen molar-refractivity contribution >= 4 is 33.9 Å². The van der Waals surface area contributed by atoms with Crippen molar-refractivity contribution in [3.8, 4) is 0 Å². The van der Waals surface area contributed by atoms with Crippen molar-refractivity contribution in [3.63, 3.8) is 0 Å². The highest BCUT2D eigenvalue weighted by Crippen LogP contribution is 2.42. The third-order valence-electron chi connectivity index (χ3n) is 6.17. The van der Waals surface area contributed by atoms with Gasteiger partial charge in [0.25, 0.3) is 5.91 Å². The molecule has 166 valence electrons. The standard InChI is InChI=1S/C21H26N4O5S/c1-21(17-7-8-17)19(27)25(20(28)22-21)15-18(26)23-10-12-24(13-11-23)31(29,30)14-9-16-5-3-2-4-6-16/h2-6,9,14,17H,7-8,10-13,15H2,1H3,(H,22,28)/b14-9+/t21-/m1/s1. The number of urea groups is 1. The summed E-state index contributed by atoms with van der Waals surface area (Å²) in [5, 5.41) is 3.90. The van der Waals surface area contributed by atoms with E-state index in [1.165, 1.54) is 14.6 Å². The summed E-state index contributed by atoms with van der Waals surface area (Å²) in [5.74, 6) is -0.595. The molecule has 0 unspecified atom stereocenters. The van der Waals surface area contributed by atoms with E-state index in [9.17, 15) is 22.8 Å². The number of piperazine rings is 1. The van der Waals surface area contributed by atoms with Gasteiger partial charge in [0.2, 0.25) is 15.9 Å². The first-order chi connectivity index (χ1) is 14.7. The van der Waals surface area contributed by atoms with Gasteiger partial charge in [0.1, 0.15) is 12.1 Å². The number of rotatable bonds is 6. The lowest BCUT2D eigenvalue weighted by Crippen LogP contribution is -2.53. The molecule has 0 spiro atoms. The normalized spacial score (nSPS) is 25.3. The third kappa shape index (κ3) is 4.35. The van der Waals surface area contributed by atoms with Crippen LogP contribution in [0.1, 0.15) is 25.3 Å². The predicted octanol–water partition coefficient (Wildman–Crippen LogP) is 0.852. The lowest BCUT2D eigenvalue weighted by atomic mass is 9.96. The molecule has 9 nitrogen and oxygen atoms in total. The minimum atomic E-state index is -3.60. The molecule has 1 atom stereocenters. The molecule has 0 aromatic heterocycles. The number of carbonyl (C=O) groups is 3. The second-order valence-corrected chi connectivity index (χ2v) is 10.2. The van der Waals surface area contributed by atoms with E-state index in [0.717, 1.165) is 23.3 Å². The summed E-state index contributed by atoms with van der Waals surface area (Å²) < 4.78 is 26.5. The molecule has 1 saturated carbocycles. The summed E-state index contributed by atoms with van der Waals surface area (Å²) in [7, 11) is -3.60. The molecule has 10 heteroatoms. The molecule has 3 fully saturated rings. The number of carbonyl (C=O) groups excluding carboxylic acids is 3. The van der Waals surface area contributed by atoms with Gasteiger partial charge in [0.05, 0.1) is 0 Å². The molecule has 3 aliphatic rings. The van der Waals surface area contributed by atoms with Gasteiger partial charge in [-0.2, -0.15) is 4.31 Å². The molecule has 31 heavy (non-hydrogen) atoms. The van der Waals surface area contributed by atoms with Crippen LogP contribution in [0.25, 0.3) is 6.08 Å². The van der Waals surface area contributed by atoms with Gasteiger partial charge < -0.3 is 10.2 Å². The van der Waals surface area contributed by atoms with Gasteiger partial charge in [0.15, 0.2) is 0 Å². The number of amides is 4. The lowest BCUT2D eigenvalue weighted by Gasteiger charge is -2.34. The largest absolute Gasteiger partial charge is 0.338 e. The zero-order chi connectivity index (χ0) is 22.2. The van der Waals surface area contributed by atoms with E-state index in [0.29, 0.717) is 0 Å². The van der Waals surface area contributed by atoms with Crippen LogP contribution in [0, 0.1) is 5.92 Å². The summed E-state index contributed by atoms with van der Waals surface area (Å²) in [4.78, 5) is 40.1. The van der Waals surface area contributed by atoms with Gasteiger partial charge in [-0.1, -0.05) is 30.3 Å². The van der Waals surface area contributed by atoms with Gasteiger partial charge in [-0.25, -0.2) is 13.2 Å². The fourth-order valence-corrected chi connectivity index (χ4v) is 5.21. The Balaban J connectivity index is 1.32. The molecule has 1 aromatic rings. The van der Waals surface area contributed by atoms with Crippen molar-refractivity contribution in [2.45, 2.75) is 25.3 Å². The minimum absolute atomic E-state index is 0.127. The van der Waals surface area contributed by atoms with Gasteiger partial charge in [-0.3, -0.25) is 14.5 Å². The lowest BCUT2D eigenvalue weighted by molar-refractivity contribution is -0.139. The Kier molecular flexibility index (Phi) is 5.61. The number of nitrogens with zero attached hydrogens (tertiary/aromatic N) is 3. The van der Waals surface area contributed by atoms with Crippen LogP contribution in [0.15, 0.2) is 35.7 Å². The molecule has 0 radical (unpaired) electrons. The van der Waals surface area contributed by atoms with Crippen molar-refractivity contribution in [2.24, 2.45) is 5.92 Å². The average Bonchev–Trinajstić information content (AvgIpc) is 3.59. The van der Waals surface area contributed by atoms with E-state index in [1.807, 2.05) is 30.3 Å². The fraction of sp³-hybridized carbons (Fsp3) is 0.476. The van der Waals surface area contributed by atoms with Crippen LogP contribution >= 0.6 is 0 Å². The molecule has 4 rings (SSSR count). The highest BCUT2D eigenvalue weighted by Gasteiger charge is 2.56. The monoisotopic (exact) mass is 446 g/mol. The molecule has 1 aromatic carbocycles. The SMILES string of the molecule is C[C@]1(C2CC2)NC(=O)N(CC(=O)N2CCN(S(=O)(=O)/C=C/c3ccccc3)CC2)C1=O. The van der Waals surface area contributed by atoms with Gasteiger partial charge in [-0.15, -0.1) is 0 Å². The summed E-state index contributed by atoms with van der Waals surface area (Å²) in [5.41, 5.74) is -0.137. The van der Waals surface area contributed by atoms with Crippen molar-refractivity contribution in [3.05, 3.63) is 41.3 Å². The van der Waals surface area contributed by atoms with Gasteiger partial charge in [0, 0.05) is 31.6 Å². The topological polar surface area (TPSA) is 107 Å². The van der Waals surface area contributed by atoms with Crippen molar-refractivity contribution in [1.82, 2.24) is 19.4 Å². The molecular weight excluding hydrogens is 420 g/mol. The number of benzene rings is 1. The quantitative estimate of drug-likeness (QED) is 0.652. The van der Waals surface area contributed by atoms with Gasteiger partial charge >= 0.3 is 6.03 Å². The van der Waals surface area contributed by atoms with E-state index in [4.69, 9.17) is 0 Å². The minimum Gasteiger partial charge on any atom is -0.338 e. The van der Waals surface area contributed by atoms with Crippen LogP contribution in [0.3, 0.4) is 0 Å².